The van der Waals surface area contributed by atoms with Gasteiger partial charge < -0.3 is 24.4 Å². The summed E-state index contributed by atoms with van der Waals surface area (Å²) >= 11 is 0. The molecule has 1 heterocycles. The van der Waals surface area contributed by atoms with Gasteiger partial charge in [0, 0.05) is 13.1 Å². The Hall–Kier alpha value is -2.24. The van der Waals surface area contributed by atoms with Gasteiger partial charge in [0.05, 0.1) is 19.8 Å². The topological polar surface area (TPSA) is 43.0 Å². The Morgan fingerprint density at radius 1 is 1.03 bits per heavy atom. The Kier molecular flexibility index (Phi) is 8.00. The second kappa shape index (κ2) is 10.7. The monoisotopic (exact) mass is 412 g/mol. The van der Waals surface area contributed by atoms with Gasteiger partial charge in [-0.2, -0.15) is 0 Å². The van der Waals surface area contributed by atoms with Crippen LogP contribution < -0.4 is 19.5 Å². The van der Waals surface area contributed by atoms with Crippen molar-refractivity contribution in [2.75, 3.05) is 47.5 Å². The molecule has 0 spiro atoms. The fraction of sp³-hybridized carbons (Fsp3) is 0.520. The maximum atomic E-state index is 5.96. The van der Waals surface area contributed by atoms with Crippen molar-refractivity contribution < 1.29 is 14.2 Å². The number of hydrogen-bond acceptors (Lipinski definition) is 5. The summed E-state index contributed by atoms with van der Waals surface area (Å²) in [5.41, 5.74) is 3.83. The van der Waals surface area contributed by atoms with Gasteiger partial charge in [-0.15, -0.1) is 0 Å². The first-order valence-corrected chi connectivity index (χ1v) is 10.9. The molecule has 2 aromatic carbocycles. The van der Waals surface area contributed by atoms with E-state index in [1.165, 1.54) is 16.7 Å². The Balaban J connectivity index is 1.75. The fourth-order valence-electron chi connectivity index (χ4n) is 3.66. The Morgan fingerprint density at radius 3 is 2.60 bits per heavy atom. The van der Waals surface area contributed by atoms with Crippen molar-refractivity contribution in [3.63, 3.8) is 0 Å². The van der Waals surface area contributed by atoms with Gasteiger partial charge >= 0.3 is 0 Å². The summed E-state index contributed by atoms with van der Waals surface area (Å²) in [6, 6.07) is 12.9. The number of nitrogens with one attached hydrogen (secondary N) is 1. The summed E-state index contributed by atoms with van der Waals surface area (Å²) in [5.74, 6) is 3.16. The van der Waals surface area contributed by atoms with Crippen molar-refractivity contribution in [2.45, 2.75) is 32.7 Å². The minimum atomic E-state index is 0.142. The molecule has 0 saturated heterocycles. The quantitative estimate of drug-likeness (QED) is 0.630. The highest BCUT2D eigenvalue weighted by atomic mass is 16.5. The van der Waals surface area contributed by atoms with E-state index in [1.54, 1.807) is 7.11 Å². The van der Waals surface area contributed by atoms with Crippen LogP contribution in [-0.4, -0.2) is 52.4 Å². The van der Waals surface area contributed by atoms with Crippen molar-refractivity contribution in [2.24, 2.45) is 5.92 Å². The molecule has 3 rings (SSSR count). The number of hydrogen-bond donors (Lipinski definition) is 1. The van der Waals surface area contributed by atoms with Gasteiger partial charge in [0.25, 0.3) is 0 Å². The largest absolute Gasteiger partial charge is 0.493 e. The molecule has 0 bridgehead atoms. The van der Waals surface area contributed by atoms with Crippen LogP contribution in [0.5, 0.6) is 17.2 Å². The number of benzene rings is 2. The van der Waals surface area contributed by atoms with E-state index >= 15 is 0 Å². The van der Waals surface area contributed by atoms with E-state index in [0.29, 0.717) is 19.1 Å². The third kappa shape index (κ3) is 5.89. The maximum Gasteiger partial charge on any atom is 0.161 e. The molecule has 1 aliphatic rings. The zero-order chi connectivity index (χ0) is 21.5. The smallest absolute Gasteiger partial charge is 0.161 e. The average molecular weight is 413 g/mol. The third-order valence-electron chi connectivity index (χ3n) is 5.45. The van der Waals surface area contributed by atoms with Gasteiger partial charge in [0.2, 0.25) is 0 Å². The summed E-state index contributed by atoms with van der Waals surface area (Å²) in [6.07, 6.45) is 2.03. The minimum absolute atomic E-state index is 0.142. The number of fused-ring (bicyclic) bond motifs is 1. The van der Waals surface area contributed by atoms with Crippen LogP contribution in [-0.2, 0) is 6.42 Å². The van der Waals surface area contributed by atoms with E-state index in [9.17, 15) is 0 Å². The van der Waals surface area contributed by atoms with Crippen molar-refractivity contribution >= 4 is 0 Å². The lowest BCUT2D eigenvalue weighted by molar-refractivity contribution is 0.261. The third-order valence-corrected chi connectivity index (χ3v) is 5.45. The molecule has 0 radical (unpaired) electrons. The van der Waals surface area contributed by atoms with E-state index in [4.69, 9.17) is 14.2 Å². The normalized spacial score (nSPS) is 15.9. The van der Waals surface area contributed by atoms with Crippen LogP contribution in [0.3, 0.4) is 0 Å². The van der Waals surface area contributed by atoms with Gasteiger partial charge in [0.1, 0.15) is 12.4 Å². The lowest BCUT2D eigenvalue weighted by Crippen LogP contribution is -2.30. The molecule has 0 amide bonds. The molecule has 1 N–H and O–H groups in total. The van der Waals surface area contributed by atoms with E-state index in [-0.39, 0.29) is 6.04 Å². The molecule has 164 valence electrons. The summed E-state index contributed by atoms with van der Waals surface area (Å²) in [4.78, 5) is 2.13. The van der Waals surface area contributed by atoms with Crippen LogP contribution in [0.4, 0.5) is 0 Å². The lowest BCUT2D eigenvalue weighted by atomic mass is 9.89. The standard InChI is InChI=1S/C25H36N2O3/c1-18(2)11-14-30-23-9-6-20(17-24(23)28-5)25-22-8-7-21(29-15-13-27(3)4)16-19(22)10-12-26-25/h6-9,16-18,25-26H,10-15H2,1-5H3. The second-order valence-corrected chi connectivity index (χ2v) is 8.59. The van der Waals surface area contributed by atoms with Crippen LogP contribution >= 0.6 is 0 Å². The van der Waals surface area contributed by atoms with Crippen molar-refractivity contribution in [1.29, 1.82) is 0 Å². The van der Waals surface area contributed by atoms with E-state index in [2.05, 4.69) is 68.5 Å². The molecule has 1 aliphatic heterocycles. The first-order chi connectivity index (χ1) is 14.5. The average Bonchev–Trinajstić information content (AvgIpc) is 2.73. The van der Waals surface area contributed by atoms with Crippen molar-refractivity contribution in [3.8, 4) is 17.2 Å². The molecular weight excluding hydrogens is 376 g/mol. The predicted octanol–water partition coefficient (Wildman–Crippen LogP) is 4.30. The maximum absolute atomic E-state index is 5.96. The summed E-state index contributed by atoms with van der Waals surface area (Å²) in [5, 5.41) is 3.65. The molecular formula is C25H36N2O3. The highest BCUT2D eigenvalue weighted by molar-refractivity contribution is 5.49. The Labute approximate surface area is 181 Å². The first kappa shape index (κ1) is 22.4. The van der Waals surface area contributed by atoms with Crippen LogP contribution in [0, 0.1) is 5.92 Å². The Bertz CT molecular complexity index is 820. The molecule has 2 aromatic rings. The van der Waals surface area contributed by atoms with Crippen LogP contribution in [0.15, 0.2) is 36.4 Å². The molecule has 5 nitrogen and oxygen atoms in total. The molecule has 0 aromatic heterocycles. The molecule has 1 atom stereocenters. The summed E-state index contributed by atoms with van der Waals surface area (Å²) < 4.78 is 17.5. The van der Waals surface area contributed by atoms with Gasteiger partial charge in [-0.1, -0.05) is 26.0 Å². The molecule has 5 heteroatoms. The highest BCUT2D eigenvalue weighted by Crippen LogP contribution is 2.36. The van der Waals surface area contributed by atoms with Gasteiger partial charge in [-0.05, 0) is 73.8 Å². The number of methoxy groups -OCH3 is 1. The number of rotatable bonds is 10. The zero-order valence-corrected chi connectivity index (χ0v) is 19.0. The van der Waals surface area contributed by atoms with Crippen LogP contribution in [0.1, 0.15) is 43.0 Å². The van der Waals surface area contributed by atoms with Gasteiger partial charge in [-0.3, -0.25) is 0 Å². The Morgan fingerprint density at radius 2 is 1.87 bits per heavy atom. The zero-order valence-electron chi connectivity index (χ0n) is 19.0. The van der Waals surface area contributed by atoms with Crippen LogP contribution in [0.25, 0.3) is 0 Å². The molecule has 0 aliphatic carbocycles. The SMILES string of the molecule is COc1cc(C2NCCc3cc(OCCN(C)C)ccc32)ccc1OCCC(C)C. The minimum Gasteiger partial charge on any atom is -0.493 e. The van der Waals surface area contributed by atoms with Crippen LogP contribution in [0.2, 0.25) is 0 Å². The number of nitrogens with zero attached hydrogens (tertiary/aromatic N) is 1. The van der Waals surface area contributed by atoms with Crippen molar-refractivity contribution in [3.05, 3.63) is 53.1 Å². The number of ether oxygens (including phenoxy) is 3. The lowest BCUT2D eigenvalue weighted by Gasteiger charge is -2.28. The highest BCUT2D eigenvalue weighted by Gasteiger charge is 2.23. The second-order valence-electron chi connectivity index (χ2n) is 8.59. The van der Waals surface area contributed by atoms with E-state index in [0.717, 1.165) is 43.2 Å². The summed E-state index contributed by atoms with van der Waals surface area (Å²) in [6.45, 7) is 7.65. The van der Waals surface area contributed by atoms with Crippen molar-refractivity contribution in [1.82, 2.24) is 10.2 Å². The predicted molar refractivity (Wildman–Crippen MR) is 122 cm³/mol. The molecule has 0 fully saturated rings. The first-order valence-electron chi connectivity index (χ1n) is 10.9. The summed E-state index contributed by atoms with van der Waals surface area (Å²) in [7, 11) is 5.82. The van der Waals surface area contributed by atoms with Gasteiger partial charge in [0.15, 0.2) is 11.5 Å². The van der Waals surface area contributed by atoms with E-state index in [1.807, 2.05) is 6.07 Å². The molecule has 30 heavy (non-hydrogen) atoms. The van der Waals surface area contributed by atoms with E-state index < -0.39 is 0 Å². The number of likely N-dealkylation sites (N-methyl/N-ethyl adjacent to an activating group) is 1. The van der Waals surface area contributed by atoms with Gasteiger partial charge in [-0.25, -0.2) is 0 Å². The molecule has 1 unspecified atom stereocenters. The molecule has 0 saturated carbocycles. The fourth-order valence-corrected chi connectivity index (χ4v) is 3.66.